The first-order chi connectivity index (χ1) is 10.6. The first-order valence-corrected chi connectivity index (χ1v) is 6.74. The molecule has 0 aliphatic heterocycles. The number of aromatic carboxylic acids is 1. The lowest BCUT2D eigenvalue weighted by molar-refractivity contribution is 0.0697. The van der Waals surface area contributed by atoms with Crippen molar-refractivity contribution < 1.29 is 15.0 Å². The Bertz CT molecular complexity index is 884. The van der Waals surface area contributed by atoms with Crippen molar-refractivity contribution in [3.63, 3.8) is 0 Å². The van der Waals surface area contributed by atoms with Crippen LogP contribution < -0.4 is 0 Å². The molecule has 4 nitrogen and oxygen atoms in total. The van der Waals surface area contributed by atoms with Gasteiger partial charge in [-0.3, -0.25) is 0 Å². The number of carboxylic acids is 1. The molecule has 0 bridgehead atoms. The topological polar surface area (TPSA) is 70.4 Å². The lowest BCUT2D eigenvalue weighted by Gasteiger charge is -2.01. The van der Waals surface area contributed by atoms with Gasteiger partial charge in [0.1, 0.15) is 5.75 Å². The Labute approximate surface area is 127 Å². The number of para-hydroxylation sites is 1. The van der Waals surface area contributed by atoms with Gasteiger partial charge in [0.2, 0.25) is 0 Å². The second kappa shape index (κ2) is 5.69. The number of aromatic hydroxyl groups is 1. The monoisotopic (exact) mass is 291 g/mol. The van der Waals surface area contributed by atoms with Gasteiger partial charge in [-0.2, -0.15) is 0 Å². The highest BCUT2D eigenvalue weighted by Gasteiger charge is 2.04. The van der Waals surface area contributed by atoms with Gasteiger partial charge in [0, 0.05) is 10.9 Å². The average Bonchev–Trinajstić information content (AvgIpc) is 2.53. The summed E-state index contributed by atoms with van der Waals surface area (Å²) < 4.78 is 0. The van der Waals surface area contributed by atoms with E-state index < -0.39 is 5.97 Å². The van der Waals surface area contributed by atoms with Crippen molar-refractivity contribution in [2.45, 2.75) is 0 Å². The maximum Gasteiger partial charge on any atom is 0.335 e. The summed E-state index contributed by atoms with van der Waals surface area (Å²) >= 11 is 0. The maximum atomic E-state index is 11.0. The number of benzene rings is 2. The highest BCUT2D eigenvalue weighted by atomic mass is 16.4. The summed E-state index contributed by atoms with van der Waals surface area (Å²) in [5, 5.41) is 19.6. The van der Waals surface area contributed by atoms with Crippen LogP contribution in [0.4, 0.5) is 0 Å². The van der Waals surface area contributed by atoms with E-state index in [1.54, 1.807) is 48.6 Å². The number of rotatable bonds is 3. The minimum atomic E-state index is -0.973. The van der Waals surface area contributed by atoms with Crippen molar-refractivity contribution in [2.24, 2.45) is 0 Å². The van der Waals surface area contributed by atoms with E-state index >= 15 is 0 Å². The summed E-state index contributed by atoms with van der Waals surface area (Å²) in [7, 11) is 0. The average molecular weight is 291 g/mol. The van der Waals surface area contributed by atoms with Crippen LogP contribution in [0.1, 0.15) is 21.6 Å². The predicted octanol–water partition coefficient (Wildman–Crippen LogP) is 3.81. The molecule has 0 fully saturated rings. The van der Waals surface area contributed by atoms with E-state index in [0.717, 1.165) is 5.39 Å². The van der Waals surface area contributed by atoms with Gasteiger partial charge in [0.25, 0.3) is 0 Å². The molecule has 0 saturated carbocycles. The fourth-order valence-corrected chi connectivity index (χ4v) is 2.16. The zero-order chi connectivity index (χ0) is 15.5. The summed E-state index contributed by atoms with van der Waals surface area (Å²) in [6.07, 6.45) is 3.55. The molecule has 0 unspecified atom stereocenters. The summed E-state index contributed by atoms with van der Waals surface area (Å²) in [5.74, 6) is -0.772. The van der Waals surface area contributed by atoms with E-state index in [4.69, 9.17) is 5.11 Å². The minimum absolute atomic E-state index is 0.202. The number of hydrogen-bond acceptors (Lipinski definition) is 3. The maximum absolute atomic E-state index is 11.0. The van der Waals surface area contributed by atoms with E-state index in [1.807, 2.05) is 18.2 Å². The lowest BCUT2D eigenvalue weighted by atomic mass is 10.1. The van der Waals surface area contributed by atoms with E-state index in [0.29, 0.717) is 16.8 Å². The molecular weight excluding hydrogens is 278 g/mol. The van der Waals surface area contributed by atoms with Crippen LogP contribution in [0, 0.1) is 0 Å². The standard InChI is InChI=1S/C18H13NO3/c20-17-4-2-1-3-13(17)8-10-15-9-7-12-5-6-14(18(21)22)11-16(12)19-15/h1-11,20H,(H,21,22). The molecule has 22 heavy (non-hydrogen) atoms. The zero-order valence-electron chi connectivity index (χ0n) is 11.6. The third-order valence-electron chi connectivity index (χ3n) is 3.33. The van der Waals surface area contributed by atoms with Crippen LogP contribution in [-0.2, 0) is 0 Å². The van der Waals surface area contributed by atoms with Crippen molar-refractivity contribution in [1.82, 2.24) is 4.98 Å². The summed E-state index contributed by atoms with van der Waals surface area (Å²) in [4.78, 5) is 15.4. The molecule has 1 heterocycles. The number of hydrogen-bond donors (Lipinski definition) is 2. The fourth-order valence-electron chi connectivity index (χ4n) is 2.16. The SMILES string of the molecule is O=C(O)c1ccc2ccc(C=Cc3ccccc3O)nc2c1. The number of carboxylic acid groups (broad SMARTS) is 1. The minimum Gasteiger partial charge on any atom is -0.507 e. The molecule has 0 atom stereocenters. The number of carbonyl (C=O) groups is 1. The van der Waals surface area contributed by atoms with Gasteiger partial charge in [-0.1, -0.05) is 30.3 Å². The van der Waals surface area contributed by atoms with Gasteiger partial charge in [-0.05, 0) is 36.4 Å². The first-order valence-electron chi connectivity index (χ1n) is 6.74. The number of phenols is 1. The van der Waals surface area contributed by atoms with Crippen LogP contribution in [0.3, 0.4) is 0 Å². The smallest absolute Gasteiger partial charge is 0.335 e. The first kappa shape index (κ1) is 13.8. The van der Waals surface area contributed by atoms with Crippen LogP contribution in [0.15, 0.2) is 54.6 Å². The Morgan fingerprint density at radius 1 is 1.00 bits per heavy atom. The molecule has 0 aliphatic rings. The Balaban J connectivity index is 1.97. The molecule has 1 aromatic heterocycles. The zero-order valence-corrected chi connectivity index (χ0v) is 11.6. The molecule has 0 saturated heterocycles. The Morgan fingerprint density at radius 3 is 2.55 bits per heavy atom. The van der Waals surface area contributed by atoms with Crippen LogP contribution in [0.5, 0.6) is 5.75 Å². The molecule has 4 heteroatoms. The van der Waals surface area contributed by atoms with Gasteiger partial charge in [0.15, 0.2) is 0 Å². The van der Waals surface area contributed by atoms with Gasteiger partial charge >= 0.3 is 5.97 Å². The largest absolute Gasteiger partial charge is 0.507 e. The molecule has 0 radical (unpaired) electrons. The van der Waals surface area contributed by atoms with Crippen LogP contribution in [0.25, 0.3) is 23.1 Å². The Morgan fingerprint density at radius 2 is 1.77 bits per heavy atom. The number of phenolic OH excluding ortho intramolecular Hbond substituents is 1. The highest BCUT2D eigenvalue weighted by Crippen LogP contribution is 2.20. The molecule has 108 valence electrons. The number of aromatic nitrogens is 1. The Kier molecular flexibility index (Phi) is 3.58. The van der Waals surface area contributed by atoms with Crippen LogP contribution >= 0.6 is 0 Å². The second-order valence-corrected chi connectivity index (χ2v) is 4.84. The van der Waals surface area contributed by atoms with Gasteiger partial charge < -0.3 is 10.2 Å². The van der Waals surface area contributed by atoms with Crippen molar-refractivity contribution in [3.8, 4) is 5.75 Å². The molecule has 2 N–H and O–H groups in total. The van der Waals surface area contributed by atoms with E-state index in [2.05, 4.69) is 4.98 Å². The Hall–Kier alpha value is -3.14. The quantitative estimate of drug-likeness (QED) is 0.769. The summed E-state index contributed by atoms with van der Waals surface area (Å²) in [6, 6.07) is 15.6. The van der Waals surface area contributed by atoms with E-state index in [-0.39, 0.29) is 11.3 Å². The van der Waals surface area contributed by atoms with Gasteiger partial charge in [-0.15, -0.1) is 0 Å². The van der Waals surface area contributed by atoms with Crippen molar-refractivity contribution in [3.05, 3.63) is 71.4 Å². The number of nitrogens with zero attached hydrogens (tertiary/aromatic N) is 1. The molecule has 0 amide bonds. The van der Waals surface area contributed by atoms with E-state index in [1.165, 1.54) is 0 Å². The molecule has 0 spiro atoms. The molecular formula is C18H13NO3. The number of fused-ring (bicyclic) bond motifs is 1. The number of pyridine rings is 1. The molecule has 3 rings (SSSR count). The third kappa shape index (κ3) is 2.81. The van der Waals surface area contributed by atoms with Crippen molar-refractivity contribution >= 4 is 29.0 Å². The van der Waals surface area contributed by atoms with Crippen molar-refractivity contribution in [1.29, 1.82) is 0 Å². The van der Waals surface area contributed by atoms with Crippen LogP contribution in [-0.4, -0.2) is 21.2 Å². The van der Waals surface area contributed by atoms with Crippen LogP contribution in [0.2, 0.25) is 0 Å². The highest BCUT2D eigenvalue weighted by molar-refractivity contribution is 5.93. The predicted molar refractivity (Wildman–Crippen MR) is 85.7 cm³/mol. The third-order valence-corrected chi connectivity index (χ3v) is 3.33. The normalized spacial score (nSPS) is 11.1. The molecule has 3 aromatic rings. The molecule has 0 aliphatic carbocycles. The summed E-state index contributed by atoms with van der Waals surface area (Å²) in [6.45, 7) is 0. The fraction of sp³-hybridized carbons (Fsp3) is 0. The van der Waals surface area contributed by atoms with E-state index in [9.17, 15) is 9.90 Å². The summed E-state index contributed by atoms with van der Waals surface area (Å²) in [5.41, 5.74) is 2.23. The van der Waals surface area contributed by atoms with Gasteiger partial charge in [0.05, 0.1) is 16.8 Å². The van der Waals surface area contributed by atoms with Gasteiger partial charge in [-0.25, -0.2) is 9.78 Å². The second-order valence-electron chi connectivity index (χ2n) is 4.84. The van der Waals surface area contributed by atoms with Crippen molar-refractivity contribution in [2.75, 3.05) is 0 Å². The molecule has 2 aromatic carbocycles. The lowest BCUT2D eigenvalue weighted by Crippen LogP contribution is -1.96.